The van der Waals surface area contributed by atoms with Crippen LogP contribution in [0.3, 0.4) is 0 Å². The molecule has 35 heteroatoms. The zero-order chi connectivity index (χ0) is 73.5. The van der Waals surface area contributed by atoms with Gasteiger partial charge in [-0.05, 0) is 110 Å². The number of primary amides is 1. The molecule has 33 nitrogen and oxygen atoms in total. The van der Waals surface area contributed by atoms with E-state index in [-0.39, 0.29) is 46.2 Å². The molecule has 0 saturated carbocycles. The quantitative estimate of drug-likeness (QED) is 0.0743. The number of hydrogen-bond donors (Lipinski definition) is 19. The highest BCUT2D eigenvalue weighted by molar-refractivity contribution is 6.32. The number of carbonyl (C=O) groups is 8. The number of ether oxygens (including phenoxy) is 6. The van der Waals surface area contributed by atoms with Crippen molar-refractivity contribution in [3.63, 3.8) is 0 Å². The van der Waals surface area contributed by atoms with Crippen molar-refractivity contribution in [3.05, 3.63) is 117 Å². The van der Waals surface area contributed by atoms with Crippen LogP contribution < -0.4 is 62.9 Å². The number of aliphatic carboxylic acids is 1. The molecule has 542 valence electrons. The molecule has 7 heterocycles. The number of phenolic OH excluding ortho intramolecular Hbond substituents is 3. The maximum absolute atomic E-state index is 16.0. The highest BCUT2D eigenvalue weighted by atomic mass is 35.5. The van der Waals surface area contributed by atoms with Crippen molar-refractivity contribution in [2.24, 2.45) is 17.4 Å². The predicted octanol–water partition coefficient (Wildman–Crippen LogP) is 0.106. The Kier molecular flexibility index (Phi) is 22.2. The number of carbonyl (C=O) groups excluding carboxylic acids is 7. The monoisotopic (exact) mass is 1450 g/mol. The maximum Gasteiger partial charge on any atom is 0.330 e. The lowest BCUT2D eigenvalue weighted by molar-refractivity contribution is -0.333. The maximum atomic E-state index is 16.0. The fourth-order valence-electron chi connectivity index (χ4n) is 12.5. The number of rotatable bonds is 13. The molecule has 101 heavy (non-hydrogen) atoms. The average Bonchev–Trinajstić information content (AvgIpc) is 0.775. The lowest BCUT2D eigenvalue weighted by atomic mass is 9.86. The van der Waals surface area contributed by atoms with Crippen LogP contribution in [-0.2, 0) is 52.6 Å². The lowest BCUT2D eigenvalue weighted by Crippen LogP contribution is -2.64. The van der Waals surface area contributed by atoms with Crippen molar-refractivity contribution < 1.29 is 118 Å². The van der Waals surface area contributed by atoms with E-state index in [1.165, 1.54) is 33.0 Å². The van der Waals surface area contributed by atoms with Crippen LogP contribution in [0, 0.1) is 5.92 Å². The first-order valence-corrected chi connectivity index (χ1v) is 32.4. The van der Waals surface area contributed by atoms with Crippen LogP contribution in [0.4, 0.5) is 0 Å². The van der Waals surface area contributed by atoms with E-state index in [9.17, 15) is 75.0 Å². The summed E-state index contributed by atoms with van der Waals surface area (Å²) in [6, 6.07) is -0.679. The number of benzene rings is 5. The van der Waals surface area contributed by atoms with Crippen LogP contribution >= 0.6 is 23.2 Å². The molecule has 0 aromatic heterocycles. The number of aliphatic hydroxyl groups excluding tert-OH is 6. The summed E-state index contributed by atoms with van der Waals surface area (Å²) in [7, 11) is 1.47. The zero-order valence-corrected chi connectivity index (χ0v) is 55.8. The molecule has 0 spiro atoms. The van der Waals surface area contributed by atoms with Gasteiger partial charge in [-0.1, -0.05) is 55.2 Å². The van der Waals surface area contributed by atoms with Gasteiger partial charge in [0, 0.05) is 34.7 Å². The smallest absolute Gasteiger partial charge is 0.330 e. The van der Waals surface area contributed by atoms with E-state index in [2.05, 4.69) is 37.2 Å². The minimum atomic E-state index is -2.35. The summed E-state index contributed by atoms with van der Waals surface area (Å²) in [4.78, 5) is 117. The first kappa shape index (κ1) is 74.5. The number of aliphatic hydroxyl groups is 6. The Hall–Kier alpha value is -9.20. The number of hydrogen-bond acceptors (Lipinski definition) is 25. The summed E-state index contributed by atoms with van der Waals surface area (Å²) in [5.74, 6) is -16.0. The Morgan fingerprint density at radius 1 is 0.713 bits per heavy atom. The number of nitrogens with two attached hydrogens (primary N) is 2. The number of carboxylic acid groups (broad SMARTS) is 1. The summed E-state index contributed by atoms with van der Waals surface area (Å²) in [6.07, 6.45) is -18.6. The second-order valence-electron chi connectivity index (χ2n) is 25.7. The third-order valence-electron chi connectivity index (χ3n) is 17.8. The largest absolute Gasteiger partial charge is 0.508 e. The van der Waals surface area contributed by atoms with Crippen LogP contribution in [0.25, 0.3) is 11.1 Å². The van der Waals surface area contributed by atoms with Gasteiger partial charge in [0.2, 0.25) is 53.4 Å². The molecule has 0 aliphatic carbocycles. The predicted molar refractivity (Wildman–Crippen MR) is 349 cm³/mol. The molecule has 7 amide bonds. The number of nitrogens with one attached hydrogen (secondary N) is 7. The Bertz CT molecular complexity index is 4070. The van der Waals surface area contributed by atoms with Crippen molar-refractivity contribution >= 4 is 70.5 Å². The second kappa shape index (κ2) is 30.2. The van der Waals surface area contributed by atoms with Crippen LogP contribution in [0.2, 0.25) is 10.0 Å². The van der Waals surface area contributed by atoms with Crippen molar-refractivity contribution in [3.8, 4) is 57.1 Å². The topological polar surface area (TPSA) is 530 Å². The molecule has 1 unspecified atom stereocenters. The number of halogens is 2. The van der Waals surface area contributed by atoms with E-state index in [1.54, 1.807) is 0 Å². The van der Waals surface area contributed by atoms with E-state index in [4.69, 9.17) is 63.1 Å². The molecule has 11 bridgehead atoms. The van der Waals surface area contributed by atoms with Crippen LogP contribution in [0.5, 0.6) is 46.0 Å². The third kappa shape index (κ3) is 15.8. The normalized spacial score (nSPS) is 29.4. The van der Waals surface area contributed by atoms with Crippen molar-refractivity contribution in [2.45, 2.75) is 156 Å². The number of fused-ring (bicyclic) bond motifs is 15. The Morgan fingerprint density at radius 2 is 1.32 bits per heavy atom. The lowest BCUT2D eigenvalue weighted by Gasteiger charge is -2.47. The summed E-state index contributed by atoms with van der Waals surface area (Å²) in [6.45, 7) is 5.66. The minimum Gasteiger partial charge on any atom is -0.508 e. The molecular formula is C66H75Cl2N9O24. The number of phenols is 3. The molecule has 21 N–H and O–H groups in total. The van der Waals surface area contributed by atoms with Gasteiger partial charge in [0.05, 0.1) is 41.3 Å². The number of aromatic hydroxyl groups is 3. The minimum absolute atomic E-state index is 0.0975. The fourth-order valence-corrected chi connectivity index (χ4v) is 12.9. The van der Waals surface area contributed by atoms with Crippen molar-refractivity contribution in [1.29, 1.82) is 0 Å². The number of likely N-dealkylation sites (N-methyl/N-ethyl adjacent to an activating group) is 1. The average molecular weight is 1450 g/mol. The Morgan fingerprint density at radius 3 is 1.90 bits per heavy atom. The van der Waals surface area contributed by atoms with Gasteiger partial charge < -0.3 is 128 Å². The summed E-state index contributed by atoms with van der Waals surface area (Å²) in [5.41, 5.74) is 8.00. The Labute approximate surface area is 584 Å². The van der Waals surface area contributed by atoms with Crippen molar-refractivity contribution in [2.75, 3.05) is 13.7 Å². The highest BCUT2D eigenvalue weighted by Crippen LogP contribution is 2.50. The molecule has 2 fully saturated rings. The number of amides is 7. The van der Waals surface area contributed by atoms with Gasteiger partial charge in [0.15, 0.2) is 29.9 Å². The SMILES string of the molecule is CN[C@H](CC(C)C)C(=O)NC1C(=O)N[C@@H](CC(N)=O)C(=O)N[C@H]2C(=O)N[C@H]3C(=O)N[C@H](C(=O)N[C@H](C(=O)O)c4cc(O)cc(O)c4-c4cc3ccc4O)[C@H](O)c3ccc(c(Cl)c3)Oc3cc2cc(c3O[C@H]2O[C@@H](CO)[C@H](O)[C@@H](O)[C@@H]2O[C@@H]2C[C@@](C)(N)[C@@H](O)[C@@H](C)O2)Oc2ccc(cc2Cl)[C@H]1O. The first-order chi connectivity index (χ1) is 47.7. The zero-order valence-electron chi connectivity index (χ0n) is 54.3. The van der Waals surface area contributed by atoms with E-state index in [1.807, 2.05) is 13.8 Å². The van der Waals surface area contributed by atoms with Gasteiger partial charge in [-0.2, -0.15) is 0 Å². The molecule has 7 aliphatic rings. The van der Waals surface area contributed by atoms with Gasteiger partial charge >= 0.3 is 5.97 Å². The van der Waals surface area contributed by atoms with Crippen LogP contribution in [0.1, 0.15) is 105 Å². The van der Waals surface area contributed by atoms with Gasteiger partial charge in [0.1, 0.15) is 89.5 Å². The van der Waals surface area contributed by atoms with E-state index < -0.39 is 237 Å². The standard InChI is InChI=1S/C66H75Cl2N9O24/c1-23(2)12-34(71-5)58(88)76-49-51(83)26-7-10-38(32(67)14-26)97-40-16-28-17-41(55(40)101-65-56(54(86)53(85)42(22-78)99-65)100-44-21-66(4,70)57(87)24(3)96-44)98-39-11-8-27(15-33(39)68)52(84)50-63(93)75-48(64(94)95)31-18-29(79)19-37(81)45(31)30-13-25(6-9-36(30)80)46(60(90)77-50)74-61(91)47(28)73-59(89)35(20-43(69)82)72-62(49)92/h6-11,13-19,23-24,34-35,42,44,46-54,56-57,65,71,78-81,83-87H,12,20-22,70H2,1-5H3,(H2,69,82)(H,72,92)(H,73,89)(H,74,91)(H,75,93)(H,76,88)(H,77,90)(H,94,95)/t24-,34-,35+,42+,44-,46-,47-,48+,49?,50+,51-,52-,53+,54-,56+,57+,65-,66-/m1/s1. The Balaban J connectivity index is 1.24. The summed E-state index contributed by atoms with van der Waals surface area (Å²) in [5, 5.41) is 131. The molecule has 5 aromatic carbocycles. The highest BCUT2D eigenvalue weighted by Gasteiger charge is 2.51. The molecule has 0 radical (unpaired) electrons. The van der Waals surface area contributed by atoms with Crippen LogP contribution in [-0.4, -0.2) is 191 Å². The van der Waals surface area contributed by atoms with E-state index in [0.717, 1.165) is 66.7 Å². The molecular weight excluding hydrogens is 1370 g/mol. The van der Waals surface area contributed by atoms with Crippen molar-refractivity contribution in [1.82, 2.24) is 37.2 Å². The second-order valence-corrected chi connectivity index (χ2v) is 26.5. The van der Waals surface area contributed by atoms with E-state index >= 15 is 14.4 Å². The summed E-state index contributed by atoms with van der Waals surface area (Å²) >= 11 is 14.1. The molecule has 7 aliphatic heterocycles. The number of carboxylic acids is 1. The first-order valence-electron chi connectivity index (χ1n) is 31.6. The fraction of sp³-hybridized carbons (Fsp3) is 0.424. The van der Waals surface area contributed by atoms with Gasteiger partial charge in [-0.15, -0.1) is 0 Å². The molecule has 18 atom stereocenters. The summed E-state index contributed by atoms with van der Waals surface area (Å²) < 4.78 is 38.3. The van der Waals surface area contributed by atoms with Gasteiger partial charge in [-0.25, -0.2) is 4.79 Å². The van der Waals surface area contributed by atoms with Gasteiger partial charge in [0.25, 0.3) is 0 Å². The van der Waals surface area contributed by atoms with Crippen LogP contribution in [0.15, 0.2) is 78.9 Å². The molecule has 12 rings (SSSR count). The third-order valence-corrected chi connectivity index (χ3v) is 18.4. The molecule has 2 saturated heterocycles. The molecule has 5 aromatic rings. The van der Waals surface area contributed by atoms with E-state index in [0.29, 0.717) is 0 Å². The van der Waals surface area contributed by atoms with Gasteiger partial charge in [-0.3, -0.25) is 33.6 Å².